The number of rotatable bonds is 3. The van der Waals surface area contributed by atoms with Crippen LogP contribution < -0.4 is 4.72 Å². The summed E-state index contributed by atoms with van der Waals surface area (Å²) in [5.41, 5.74) is -1.16. The predicted molar refractivity (Wildman–Crippen MR) is 62.5 cm³/mol. The summed E-state index contributed by atoms with van der Waals surface area (Å²) in [6.07, 6.45) is -3.38. The van der Waals surface area contributed by atoms with Crippen molar-refractivity contribution in [2.75, 3.05) is 0 Å². The first kappa shape index (κ1) is 13.8. The van der Waals surface area contributed by atoms with Crippen molar-refractivity contribution in [2.45, 2.75) is 30.0 Å². The molecule has 1 aromatic rings. The largest absolute Gasteiger partial charge is 0.417 e. The van der Waals surface area contributed by atoms with Gasteiger partial charge in [0.2, 0.25) is 10.0 Å². The van der Waals surface area contributed by atoms with Crippen molar-refractivity contribution in [1.82, 2.24) is 4.72 Å². The Morgan fingerprint density at radius 3 is 2.39 bits per heavy atom. The molecule has 3 nitrogen and oxygen atoms in total. The molecule has 1 aliphatic carbocycles. The molecular weight excluding hydrogens is 335 g/mol. The number of alkyl halides is 3. The van der Waals surface area contributed by atoms with E-state index in [1.54, 1.807) is 0 Å². The third kappa shape index (κ3) is 3.04. The Bertz CT molecular complexity index is 567. The molecule has 0 saturated heterocycles. The van der Waals surface area contributed by atoms with E-state index in [1.807, 2.05) is 0 Å². The highest BCUT2D eigenvalue weighted by Crippen LogP contribution is 2.36. The molecule has 2 rings (SSSR count). The maximum atomic E-state index is 12.8. The zero-order valence-electron chi connectivity index (χ0n) is 8.96. The first-order valence-corrected chi connectivity index (χ1v) is 7.37. The SMILES string of the molecule is O=S(=O)(NC1CC1)c1ccc(Br)cc1C(F)(F)F. The van der Waals surface area contributed by atoms with Crippen molar-refractivity contribution < 1.29 is 21.6 Å². The van der Waals surface area contributed by atoms with Crippen LogP contribution in [0.2, 0.25) is 0 Å². The number of hydrogen-bond acceptors (Lipinski definition) is 2. The van der Waals surface area contributed by atoms with Crippen molar-refractivity contribution in [2.24, 2.45) is 0 Å². The van der Waals surface area contributed by atoms with Crippen molar-refractivity contribution in [3.63, 3.8) is 0 Å². The summed E-state index contributed by atoms with van der Waals surface area (Å²) < 4.78 is 64.5. The smallest absolute Gasteiger partial charge is 0.208 e. The van der Waals surface area contributed by atoms with E-state index in [2.05, 4.69) is 20.7 Å². The Labute approximate surface area is 111 Å². The van der Waals surface area contributed by atoms with Crippen molar-refractivity contribution in [3.05, 3.63) is 28.2 Å². The monoisotopic (exact) mass is 343 g/mol. The van der Waals surface area contributed by atoms with Crippen molar-refractivity contribution >= 4 is 26.0 Å². The molecule has 0 aromatic heterocycles. The second-order valence-electron chi connectivity index (χ2n) is 4.03. The molecular formula is C10H9BrF3NO2S. The van der Waals surface area contributed by atoms with Gasteiger partial charge in [0.1, 0.15) is 0 Å². The van der Waals surface area contributed by atoms with E-state index in [-0.39, 0.29) is 10.5 Å². The molecule has 0 aliphatic heterocycles. The van der Waals surface area contributed by atoms with E-state index in [9.17, 15) is 21.6 Å². The Hall–Kier alpha value is -0.600. The van der Waals surface area contributed by atoms with Gasteiger partial charge in [-0.25, -0.2) is 13.1 Å². The molecule has 0 spiro atoms. The van der Waals surface area contributed by atoms with Crippen LogP contribution in [0.25, 0.3) is 0 Å². The van der Waals surface area contributed by atoms with Gasteiger partial charge >= 0.3 is 6.18 Å². The van der Waals surface area contributed by atoms with E-state index < -0.39 is 26.7 Å². The van der Waals surface area contributed by atoms with Gasteiger partial charge in [0.15, 0.2) is 0 Å². The van der Waals surface area contributed by atoms with Gasteiger partial charge in [0.05, 0.1) is 10.5 Å². The lowest BCUT2D eigenvalue weighted by Crippen LogP contribution is -2.28. The number of benzene rings is 1. The Balaban J connectivity index is 2.49. The van der Waals surface area contributed by atoms with Gasteiger partial charge in [-0.15, -0.1) is 0 Å². The molecule has 18 heavy (non-hydrogen) atoms. The van der Waals surface area contributed by atoms with Gasteiger partial charge in [0, 0.05) is 10.5 Å². The molecule has 1 saturated carbocycles. The molecule has 1 aliphatic rings. The molecule has 1 N–H and O–H groups in total. The first-order valence-electron chi connectivity index (χ1n) is 5.09. The number of sulfonamides is 1. The highest BCUT2D eigenvalue weighted by Gasteiger charge is 2.38. The molecule has 0 heterocycles. The van der Waals surface area contributed by atoms with Crippen LogP contribution in [-0.2, 0) is 16.2 Å². The molecule has 0 atom stereocenters. The minimum absolute atomic E-state index is 0.181. The highest BCUT2D eigenvalue weighted by molar-refractivity contribution is 9.10. The fourth-order valence-electron chi connectivity index (χ4n) is 1.44. The molecule has 1 aromatic carbocycles. The third-order valence-electron chi connectivity index (χ3n) is 2.44. The predicted octanol–water partition coefficient (Wildman–Crippen LogP) is 2.91. The molecule has 0 radical (unpaired) electrons. The summed E-state index contributed by atoms with van der Waals surface area (Å²) in [6.45, 7) is 0. The van der Waals surface area contributed by atoms with E-state index in [4.69, 9.17) is 0 Å². The van der Waals surface area contributed by atoms with Gasteiger partial charge < -0.3 is 0 Å². The maximum absolute atomic E-state index is 12.8. The van der Waals surface area contributed by atoms with Gasteiger partial charge in [-0.1, -0.05) is 15.9 Å². The molecule has 8 heteroatoms. The van der Waals surface area contributed by atoms with Gasteiger partial charge in [0.25, 0.3) is 0 Å². The van der Waals surface area contributed by atoms with E-state index in [1.165, 1.54) is 6.07 Å². The van der Waals surface area contributed by atoms with Gasteiger partial charge in [-0.3, -0.25) is 0 Å². The number of hydrogen-bond donors (Lipinski definition) is 1. The summed E-state index contributed by atoms with van der Waals surface area (Å²) in [6, 6.07) is 2.76. The lowest BCUT2D eigenvalue weighted by molar-refractivity contribution is -0.139. The molecule has 0 amide bonds. The van der Waals surface area contributed by atoms with E-state index in [0.717, 1.165) is 12.1 Å². The quantitative estimate of drug-likeness (QED) is 0.917. The minimum Gasteiger partial charge on any atom is -0.208 e. The van der Waals surface area contributed by atoms with E-state index >= 15 is 0 Å². The first-order chi connectivity index (χ1) is 8.20. The van der Waals surface area contributed by atoms with Gasteiger partial charge in [-0.2, -0.15) is 13.2 Å². The average Bonchev–Trinajstić information content (AvgIpc) is 2.99. The Morgan fingerprint density at radius 2 is 1.89 bits per heavy atom. The summed E-state index contributed by atoms with van der Waals surface area (Å²) in [7, 11) is -4.12. The Morgan fingerprint density at radius 1 is 1.28 bits per heavy atom. The standard InChI is InChI=1S/C10H9BrF3NO2S/c11-6-1-4-9(8(5-6)10(12,13)14)18(16,17)15-7-2-3-7/h1,4-5,7,15H,2-3H2. The van der Waals surface area contributed by atoms with Crippen molar-refractivity contribution in [3.8, 4) is 0 Å². The van der Waals surface area contributed by atoms with E-state index in [0.29, 0.717) is 12.8 Å². The van der Waals surface area contributed by atoms with Crippen LogP contribution in [-0.4, -0.2) is 14.5 Å². The second kappa shape index (κ2) is 4.50. The summed E-state index contributed by atoms with van der Waals surface area (Å²) in [4.78, 5) is -0.731. The fraction of sp³-hybridized carbons (Fsp3) is 0.400. The van der Waals surface area contributed by atoms with Crippen LogP contribution in [0, 0.1) is 0 Å². The van der Waals surface area contributed by atoms with Crippen LogP contribution >= 0.6 is 15.9 Å². The van der Waals surface area contributed by atoms with Crippen LogP contribution in [0.3, 0.4) is 0 Å². The summed E-state index contributed by atoms with van der Waals surface area (Å²) in [5.74, 6) is 0. The normalized spacial score (nSPS) is 16.9. The van der Waals surface area contributed by atoms with Crippen LogP contribution in [0.15, 0.2) is 27.6 Å². The zero-order valence-corrected chi connectivity index (χ0v) is 11.4. The topological polar surface area (TPSA) is 46.2 Å². The average molecular weight is 344 g/mol. The molecule has 0 bridgehead atoms. The maximum Gasteiger partial charge on any atom is 0.417 e. The number of nitrogens with one attached hydrogen (secondary N) is 1. The van der Waals surface area contributed by atoms with Crippen LogP contribution in [0.5, 0.6) is 0 Å². The van der Waals surface area contributed by atoms with Crippen LogP contribution in [0.1, 0.15) is 18.4 Å². The molecule has 0 unspecified atom stereocenters. The molecule has 100 valence electrons. The second-order valence-corrected chi connectivity index (χ2v) is 6.63. The van der Waals surface area contributed by atoms with Crippen LogP contribution in [0.4, 0.5) is 13.2 Å². The summed E-state index contributed by atoms with van der Waals surface area (Å²) >= 11 is 2.90. The lowest BCUT2D eigenvalue weighted by atomic mass is 10.2. The minimum atomic E-state index is -4.71. The van der Waals surface area contributed by atoms with Gasteiger partial charge in [-0.05, 0) is 31.0 Å². The van der Waals surface area contributed by atoms with Crippen molar-refractivity contribution in [1.29, 1.82) is 0 Å². The molecule has 1 fully saturated rings. The number of halogens is 4. The lowest BCUT2D eigenvalue weighted by Gasteiger charge is -2.14. The highest BCUT2D eigenvalue weighted by atomic mass is 79.9. The fourth-order valence-corrected chi connectivity index (χ4v) is 3.32. The zero-order chi connectivity index (χ0) is 13.6. The summed E-state index contributed by atoms with van der Waals surface area (Å²) in [5, 5.41) is 0. The Kier molecular flexibility index (Phi) is 3.46. The third-order valence-corrected chi connectivity index (χ3v) is 4.51.